The molecule has 5 heteroatoms. The van der Waals surface area contributed by atoms with Crippen molar-refractivity contribution in [1.29, 1.82) is 0 Å². The molecule has 0 aliphatic heterocycles. The van der Waals surface area contributed by atoms with Crippen molar-refractivity contribution in [2.24, 2.45) is 0 Å². The van der Waals surface area contributed by atoms with Gasteiger partial charge >= 0.3 is 6.03 Å². The van der Waals surface area contributed by atoms with Crippen LogP contribution in [0.3, 0.4) is 0 Å². The first-order valence-corrected chi connectivity index (χ1v) is 6.16. The Morgan fingerprint density at radius 2 is 2.15 bits per heavy atom. The van der Waals surface area contributed by atoms with E-state index in [1.54, 1.807) is 37.8 Å². The van der Waals surface area contributed by atoms with E-state index in [0.29, 0.717) is 12.3 Å². The number of carbonyl (C=O) groups is 1. The van der Waals surface area contributed by atoms with Crippen LogP contribution in [0.2, 0.25) is 0 Å². The summed E-state index contributed by atoms with van der Waals surface area (Å²) in [6.07, 6.45) is 4.90. The number of hydrogen-bond donors (Lipinski definition) is 2. The quantitative estimate of drug-likeness (QED) is 0.879. The van der Waals surface area contributed by atoms with Gasteiger partial charge < -0.3 is 19.8 Å². The predicted octanol–water partition coefficient (Wildman–Crippen LogP) is 2.76. The third-order valence-corrected chi connectivity index (χ3v) is 2.62. The molecule has 0 spiro atoms. The molecule has 1 aromatic carbocycles. The summed E-state index contributed by atoms with van der Waals surface area (Å²) >= 11 is 0. The zero-order valence-corrected chi connectivity index (χ0v) is 11.1. The van der Waals surface area contributed by atoms with Crippen LogP contribution < -0.4 is 15.4 Å². The number of ether oxygens (including phenoxy) is 1. The Balaban J connectivity index is 1.82. The van der Waals surface area contributed by atoms with Crippen LogP contribution in [-0.4, -0.2) is 13.1 Å². The highest BCUT2D eigenvalue weighted by Gasteiger charge is 2.00. The molecule has 0 saturated heterocycles. The van der Waals surface area contributed by atoms with Crippen molar-refractivity contribution in [1.82, 2.24) is 10.6 Å². The summed E-state index contributed by atoms with van der Waals surface area (Å²) < 4.78 is 10.3. The lowest BCUT2D eigenvalue weighted by Crippen LogP contribution is -2.31. The lowest BCUT2D eigenvalue weighted by molar-refractivity contribution is 0.243. The molecule has 0 saturated carbocycles. The second kappa shape index (κ2) is 7.04. The van der Waals surface area contributed by atoms with E-state index in [0.717, 1.165) is 11.3 Å². The number of rotatable bonds is 5. The first-order chi connectivity index (χ1) is 9.79. The molecule has 20 heavy (non-hydrogen) atoms. The van der Waals surface area contributed by atoms with Gasteiger partial charge in [-0.3, -0.25) is 0 Å². The third kappa shape index (κ3) is 3.91. The van der Waals surface area contributed by atoms with Gasteiger partial charge in [-0.2, -0.15) is 0 Å². The van der Waals surface area contributed by atoms with Gasteiger partial charge in [0.25, 0.3) is 0 Å². The van der Waals surface area contributed by atoms with E-state index in [1.807, 2.05) is 24.3 Å². The first kappa shape index (κ1) is 13.7. The summed E-state index contributed by atoms with van der Waals surface area (Å²) in [5.41, 5.74) is 0.890. The molecule has 2 amide bonds. The van der Waals surface area contributed by atoms with Gasteiger partial charge in [-0.15, -0.1) is 0 Å². The molecule has 0 atom stereocenters. The number of para-hydroxylation sites is 1. The van der Waals surface area contributed by atoms with E-state index in [-0.39, 0.29) is 6.03 Å². The maximum atomic E-state index is 11.5. The molecule has 2 aromatic rings. The van der Waals surface area contributed by atoms with Crippen LogP contribution in [0.4, 0.5) is 4.79 Å². The van der Waals surface area contributed by atoms with Crippen LogP contribution in [0.5, 0.6) is 5.75 Å². The van der Waals surface area contributed by atoms with E-state index >= 15 is 0 Å². The maximum Gasteiger partial charge on any atom is 0.319 e. The molecule has 2 N–H and O–H groups in total. The number of benzene rings is 1. The van der Waals surface area contributed by atoms with E-state index in [9.17, 15) is 4.79 Å². The number of amides is 2. The van der Waals surface area contributed by atoms with Crippen molar-refractivity contribution in [3.05, 3.63) is 60.2 Å². The molecule has 5 nitrogen and oxygen atoms in total. The molecule has 1 heterocycles. The van der Waals surface area contributed by atoms with Crippen molar-refractivity contribution >= 4 is 12.1 Å². The number of nitrogens with one attached hydrogen (secondary N) is 2. The molecule has 0 unspecified atom stereocenters. The van der Waals surface area contributed by atoms with Crippen molar-refractivity contribution in [3.63, 3.8) is 0 Å². The fourth-order valence-electron chi connectivity index (χ4n) is 1.64. The highest BCUT2D eigenvalue weighted by molar-refractivity contribution is 5.76. The first-order valence-electron chi connectivity index (χ1n) is 6.16. The topological polar surface area (TPSA) is 63.5 Å². The summed E-state index contributed by atoms with van der Waals surface area (Å²) in [6, 6.07) is 10.8. The SMILES string of the molecule is COc1ccccc1/C=C/NC(=O)NCc1ccco1. The molecule has 104 valence electrons. The molecule has 0 radical (unpaired) electrons. The molecule has 2 rings (SSSR count). The fraction of sp³-hybridized carbons (Fsp3) is 0.133. The molecule has 1 aromatic heterocycles. The predicted molar refractivity (Wildman–Crippen MR) is 76.1 cm³/mol. The zero-order valence-electron chi connectivity index (χ0n) is 11.1. The van der Waals surface area contributed by atoms with Gasteiger partial charge in [-0.05, 0) is 24.3 Å². The molecule has 0 aliphatic carbocycles. The largest absolute Gasteiger partial charge is 0.496 e. The average molecular weight is 272 g/mol. The molecule has 0 aliphatic rings. The van der Waals surface area contributed by atoms with Crippen molar-refractivity contribution in [3.8, 4) is 5.75 Å². The minimum atomic E-state index is -0.299. The normalized spacial score (nSPS) is 10.4. The third-order valence-electron chi connectivity index (χ3n) is 2.62. The standard InChI is InChI=1S/C15H16N2O3/c1-19-14-7-3-2-5-12(14)8-9-16-15(18)17-11-13-6-4-10-20-13/h2-10H,11H2,1H3,(H2,16,17,18)/b9-8+. The average Bonchev–Trinajstić information content (AvgIpc) is 2.99. The Kier molecular flexibility index (Phi) is 4.83. The summed E-state index contributed by atoms with van der Waals surface area (Å²) in [6.45, 7) is 0.349. The van der Waals surface area contributed by atoms with Crippen LogP contribution >= 0.6 is 0 Å². The maximum absolute atomic E-state index is 11.5. The van der Waals surface area contributed by atoms with Gasteiger partial charge in [-0.25, -0.2) is 4.79 Å². The van der Waals surface area contributed by atoms with E-state index < -0.39 is 0 Å². The van der Waals surface area contributed by atoms with Crippen molar-refractivity contribution in [2.75, 3.05) is 7.11 Å². The number of hydrogen-bond acceptors (Lipinski definition) is 3. The summed E-state index contributed by atoms with van der Waals surface area (Å²) in [5.74, 6) is 1.45. The number of methoxy groups -OCH3 is 1. The zero-order chi connectivity index (χ0) is 14.2. The van der Waals surface area contributed by atoms with Crippen molar-refractivity contribution in [2.45, 2.75) is 6.54 Å². The Labute approximate surface area is 117 Å². The van der Waals surface area contributed by atoms with E-state index in [2.05, 4.69) is 10.6 Å². The highest BCUT2D eigenvalue weighted by Crippen LogP contribution is 2.18. The number of furan rings is 1. The van der Waals surface area contributed by atoms with Crippen LogP contribution in [0.1, 0.15) is 11.3 Å². The molecular formula is C15H16N2O3. The fourth-order valence-corrected chi connectivity index (χ4v) is 1.64. The number of urea groups is 1. The Morgan fingerprint density at radius 1 is 1.30 bits per heavy atom. The second-order valence-corrected chi connectivity index (χ2v) is 3.98. The van der Waals surface area contributed by atoms with Crippen LogP contribution in [-0.2, 0) is 6.54 Å². The monoisotopic (exact) mass is 272 g/mol. The summed E-state index contributed by atoms with van der Waals surface area (Å²) in [7, 11) is 1.61. The molecule has 0 fully saturated rings. The van der Waals surface area contributed by atoms with Gasteiger partial charge in [0.1, 0.15) is 11.5 Å². The van der Waals surface area contributed by atoms with Crippen LogP contribution in [0.25, 0.3) is 6.08 Å². The summed E-state index contributed by atoms with van der Waals surface area (Å²) in [4.78, 5) is 11.5. The Morgan fingerprint density at radius 3 is 2.90 bits per heavy atom. The Hall–Kier alpha value is -2.69. The lowest BCUT2D eigenvalue weighted by atomic mass is 10.2. The molecule has 0 bridgehead atoms. The minimum Gasteiger partial charge on any atom is -0.496 e. The van der Waals surface area contributed by atoms with E-state index in [1.165, 1.54) is 0 Å². The Bertz CT molecular complexity index is 577. The van der Waals surface area contributed by atoms with Gasteiger partial charge in [0.15, 0.2) is 0 Å². The van der Waals surface area contributed by atoms with E-state index in [4.69, 9.17) is 9.15 Å². The molecular weight excluding hydrogens is 256 g/mol. The van der Waals surface area contributed by atoms with Gasteiger partial charge in [-0.1, -0.05) is 18.2 Å². The summed E-state index contributed by atoms with van der Waals surface area (Å²) in [5, 5.41) is 5.29. The lowest BCUT2D eigenvalue weighted by Gasteiger charge is -2.04. The van der Waals surface area contributed by atoms with Gasteiger partial charge in [0.2, 0.25) is 0 Å². The number of carbonyl (C=O) groups excluding carboxylic acids is 1. The van der Waals surface area contributed by atoms with Crippen LogP contribution in [0, 0.1) is 0 Å². The van der Waals surface area contributed by atoms with Gasteiger partial charge in [0.05, 0.1) is 19.9 Å². The smallest absolute Gasteiger partial charge is 0.319 e. The van der Waals surface area contributed by atoms with Crippen molar-refractivity contribution < 1.29 is 13.9 Å². The van der Waals surface area contributed by atoms with Crippen LogP contribution in [0.15, 0.2) is 53.3 Å². The minimum absolute atomic E-state index is 0.299. The second-order valence-electron chi connectivity index (χ2n) is 3.98. The highest BCUT2D eigenvalue weighted by atomic mass is 16.5. The van der Waals surface area contributed by atoms with Gasteiger partial charge in [0, 0.05) is 11.8 Å².